The molecule has 26 heteroatoms. The monoisotopic (exact) mass is 721 g/mol. The summed E-state index contributed by atoms with van der Waals surface area (Å²) in [7, 11) is 0. The van der Waals surface area contributed by atoms with Crippen molar-refractivity contribution in [2.45, 2.75) is 49.1 Å². The van der Waals surface area contributed by atoms with E-state index >= 15 is 0 Å². The second kappa shape index (κ2) is 11.4. The molecule has 3 aliphatic heterocycles. The second-order valence-electron chi connectivity index (χ2n) is 10.3. The van der Waals surface area contributed by atoms with Gasteiger partial charge in [-0.3, -0.25) is 37.7 Å². The summed E-state index contributed by atoms with van der Waals surface area (Å²) in [6.45, 7) is -10.2. The van der Waals surface area contributed by atoms with Crippen molar-refractivity contribution in [1.82, 2.24) is 39.0 Å². The minimum atomic E-state index is -4.53. The van der Waals surface area contributed by atoms with Gasteiger partial charge < -0.3 is 45.1 Å². The molecule has 0 saturated carbocycles. The van der Waals surface area contributed by atoms with Crippen LogP contribution in [-0.2, 0) is 43.9 Å². The summed E-state index contributed by atoms with van der Waals surface area (Å²) in [5.41, 5.74) is 9.68. The largest absolute Gasteiger partial charge is 0.780 e. The van der Waals surface area contributed by atoms with Crippen molar-refractivity contribution in [1.29, 1.82) is 0 Å². The molecule has 22 nitrogen and oxygen atoms in total. The summed E-state index contributed by atoms with van der Waals surface area (Å²) in [4.78, 5) is 58.8. The normalized spacial score (nSPS) is 37.1. The van der Waals surface area contributed by atoms with Crippen LogP contribution in [0.3, 0.4) is 0 Å². The Hall–Kier alpha value is -2.83. The Balaban J connectivity index is 1.21. The van der Waals surface area contributed by atoms with Gasteiger partial charge in [0.25, 0.3) is 11.1 Å². The lowest BCUT2D eigenvalue weighted by atomic mass is 10.1. The molecule has 2 bridgehead atoms. The van der Waals surface area contributed by atoms with E-state index in [2.05, 4.69) is 42.2 Å². The predicted octanol–water partition coefficient (Wildman–Crippen LogP) is -2.63. The molecule has 0 aliphatic carbocycles. The van der Waals surface area contributed by atoms with Crippen molar-refractivity contribution in [2.75, 3.05) is 24.7 Å². The van der Waals surface area contributed by atoms with Gasteiger partial charge in [-0.2, -0.15) is 9.97 Å². The lowest BCUT2D eigenvalue weighted by Gasteiger charge is -2.34. The van der Waals surface area contributed by atoms with Crippen LogP contribution >= 0.6 is 25.8 Å². The van der Waals surface area contributed by atoms with Crippen LogP contribution < -0.4 is 27.5 Å². The first-order valence-corrected chi connectivity index (χ1v) is 18.4. The molecule has 4 aromatic rings. The molecule has 0 aromatic carbocycles. The number of imidazole rings is 2. The van der Waals surface area contributed by atoms with E-state index in [4.69, 9.17) is 50.8 Å². The third-order valence-electron chi connectivity index (χ3n) is 7.38. The van der Waals surface area contributed by atoms with Crippen LogP contribution in [-0.4, -0.2) is 99.1 Å². The van der Waals surface area contributed by atoms with Crippen molar-refractivity contribution >= 4 is 71.8 Å². The predicted molar refractivity (Wildman–Crippen MR) is 157 cm³/mol. The highest BCUT2D eigenvalue weighted by atomic mass is 32.7. The van der Waals surface area contributed by atoms with Crippen LogP contribution in [0.15, 0.2) is 22.2 Å². The first-order chi connectivity index (χ1) is 21.7. The second-order valence-corrected chi connectivity index (χ2v) is 15.9. The fourth-order valence-electron chi connectivity index (χ4n) is 5.36. The molecule has 3 aliphatic rings. The first-order valence-electron chi connectivity index (χ1n) is 13.1. The molecule has 0 spiro atoms. The molecule has 4 aromatic heterocycles. The Morgan fingerprint density at radius 2 is 1.43 bits per heavy atom. The van der Waals surface area contributed by atoms with Gasteiger partial charge in [-0.1, -0.05) is 24.1 Å². The summed E-state index contributed by atoms with van der Waals surface area (Å²) in [5, 5.41) is 22.4. The maximum Gasteiger partial charge on any atom is 0.386 e. The van der Waals surface area contributed by atoms with E-state index in [1.165, 1.54) is 9.13 Å². The van der Waals surface area contributed by atoms with Crippen LogP contribution in [0.25, 0.3) is 22.3 Å². The Labute approximate surface area is 264 Å². The van der Waals surface area contributed by atoms with Crippen LogP contribution in [0.5, 0.6) is 0 Å². The van der Waals surface area contributed by atoms with E-state index in [1.54, 1.807) is 0 Å². The number of nitrogens with zero attached hydrogens (tertiary/aromatic N) is 6. The van der Waals surface area contributed by atoms with Gasteiger partial charge in [0, 0.05) is 0 Å². The van der Waals surface area contributed by atoms with Crippen molar-refractivity contribution in [3.63, 3.8) is 0 Å². The molecular formula is C20H23N10O12P2S2-. The highest BCUT2D eigenvalue weighted by molar-refractivity contribution is 8.44. The van der Waals surface area contributed by atoms with Crippen LogP contribution in [0.1, 0.15) is 12.5 Å². The number of hydrogen-bond donors (Lipinski definition) is 7. The average Bonchev–Trinajstić information content (AvgIpc) is 3.72. The zero-order valence-electron chi connectivity index (χ0n) is 22.8. The molecule has 46 heavy (non-hydrogen) atoms. The Morgan fingerprint density at radius 3 is 2.04 bits per heavy atom. The fraction of sp³-hybridized carbons (Fsp3) is 0.500. The van der Waals surface area contributed by atoms with E-state index < -0.39 is 86.9 Å². The highest BCUT2D eigenvalue weighted by Crippen LogP contribution is 2.57. The molecule has 3 saturated heterocycles. The molecule has 7 rings (SSSR count). The van der Waals surface area contributed by atoms with Crippen molar-refractivity contribution in [2.24, 2.45) is 0 Å². The summed E-state index contributed by atoms with van der Waals surface area (Å²) >= 11 is 9.14. The van der Waals surface area contributed by atoms with Crippen LogP contribution in [0, 0.1) is 0 Å². The number of aliphatic hydroxyl groups excluding tert-OH is 2. The molecular weight excluding hydrogens is 698 g/mol. The third kappa shape index (κ3) is 5.57. The number of rotatable bonds is 2. The number of hydrogen-bond acceptors (Lipinski definition) is 19. The van der Waals surface area contributed by atoms with E-state index in [0.717, 1.165) is 12.7 Å². The number of aromatic amines is 2. The standard InChI is InChI=1S/C20H24N10O12P2S2/c21-19-25-13-7(15(33)27-19)23-3-29(13)17-10(32)11-6(40-17)2-38-44(36,46)42-12-9(31)5(1-37-43(35,45)41-11)39-18(12)30-4-24-8-14(30)26-20(22)28-16(8)34/h3-6,9-12,17-18,31-32H,1-2H2,(H,35,45)(H,36,46)(H3,21,25,27,33)(H3,22,26,28,34)/p-1/t5-,6-,9-,10-,11-,12-,17-,18-,43?,44?/m1/s1. The molecule has 7 heterocycles. The topological polar surface area (TPSA) is 315 Å². The number of nitrogens with two attached hydrogens (primary N) is 2. The number of thiol groups is 1. The van der Waals surface area contributed by atoms with Gasteiger partial charge in [0.05, 0.1) is 25.9 Å². The van der Waals surface area contributed by atoms with Gasteiger partial charge in [-0.15, -0.1) is 0 Å². The Morgan fingerprint density at radius 1 is 0.891 bits per heavy atom. The smallest absolute Gasteiger partial charge is 0.386 e. The van der Waals surface area contributed by atoms with Gasteiger partial charge in [0.2, 0.25) is 11.9 Å². The van der Waals surface area contributed by atoms with Crippen LogP contribution in [0.4, 0.5) is 11.9 Å². The van der Waals surface area contributed by atoms with Gasteiger partial charge in [0.15, 0.2) is 34.8 Å². The number of fused-ring (bicyclic) bond motifs is 5. The summed E-state index contributed by atoms with van der Waals surface area (Å²) < 4.78 is 49.7. The quantitative estimate of drug-likeness (QED) is 0.0822. The van der Waals surface area contributed by atoms with Crippen LogP contribution in [0.2, 0.25) is 0 Å². The van der Waals surface area contributed by atoms with Gasteiger partial charge in [0.1, 0.15) is 43.3 Å². The number of aliphatic hydroxyl groups is 2. The highest BCUT2D eigenvalue weighted by Gasteiger charge is 2.52. The summed E-state index contributed by atoms with van der Waals surface area (Å²) in [5.74, 6) is -0.484. The number of nitrogen functional groups attached to an aromatic ring is 2. The minimum absolute atomic E-state index is 0.0541. The van der Waals surface area contributed by atoms with Crippen molar-refractivity contribution < 1.29 is 47.2 Å². The molecule has 10 atom stereocenters. The number of H-pyrrole nitrogens is 2. The number of nitrogens with one attached hydrogen (secondary N) is 2. The summed E-state index contributed by atoms with van der Waals surface area (Å²) in [6, 6.07) is 0. The molecule has 248 valence electrons. The first kappa shape index (κ1) is 31.8. The Bertz CT molecular complexity index is 2060. The zero-order valence-corrected chi connectivity index (χ0v) is 26.3. The molecule has 8 N–H and O–H groups in total. The van der Waals surface area contributed by atoms with Gasteiger partial charge >= 0.3 is 6.80 Å². The SMILES string of the molecule is Nc1nc2c(ncn2[C@@H]2O[C@@H]3COP([O-])(=S)O[C@@H]4[C@H](O)[C@@H](COP(=O)(S)O[C@H]3[C@H]2O)O[C@H]4n2cnc3c(=O)[nH]c(N)nc32)c(=O)[nH]1. The fourth-order valence-corrected chi connectivity index (χ4v) is 8.25. The average molecular weight is 722 g/mol. The number of anilines is 2. The maximum atomic E-state index is 13.5. The lowest BCUT2D eigenvalue weighted by molar-refractivity contribution is -0.218. The molecule has 3 fully saturated rings. The number of ether oxygens (including phenoxy) is 2. The van der Waals surface area contributed by atoms with Crippen molar-refractivity contribution in [3.8, 4) is 0 Å². The van der Waals surface area contributed by atoms with E-state index in [1.807, 2.05) is 0 Å². The van der Waals surface area contributed by atoms with E-state index in [9.17, 15) is 29.3 Å². The Kier molecular flexibility index (Phi) is 7.87. The molecule has 0 amide bonds. The summed E-state index contributed by atoms with van der Waals surface area (Å²) in [6.07, 6.45) is -9.42. The number of aromatic nitrogens is 8. The molecule has 0 radical (unpaired) electrons. The van der Waals surface area contributed by atoms with Crippen molar-refractivity contribution in [3.05, 3.63) is 33.4 Å². The third-order valence-corrected chi connectivity index (χ3v) is 10.5. The molecule has 2 unspecified atom stereocenters. The lowest BCUT2D eigenvalue weighted by Crippen LogP contribution is -2.37. The van der Waals surface area contributed by atoms with E-state index in [0.29, 0.717) is 0 Å². The van der Waals surface area contributed by atoms with E-state index in [-0.39, 0.29) is 34.2 Å². The maximum absolute atomic E-state index is 13.5. The zero-order chi connectivity index (χ0) is 32.7. The van der Waals surface area contributed by atoms with Gasteiger partial charge in [-0.25, -0.2) is 14.5 Å². The minimum Gasteiger partial charge on any atom is -0.780 e. The van der Waals surface area contributed by atoms with Gasteiger partial charge in [-0.05, 0) is 0 Å².